The number of para-hydroxylation sites is 2. The highest BCUT2D eigenvalue weighted by atomic mass is 32.2. The van der Waals surface area contributed by atoms with Gasteiger partial charge in [-0.15, -0.1) is 10.2 Å². The molecule has 0 amide bonds. The van der Waals surface area contributed by atoms with Gasteiger partial charge in [-0.05, 0) is 55.5 Å². The van der Waals surface area contributed by atoms with Crippen LogP contribution in [-0.2, 0) is 0 Å². The summed E-state index contributed by atoms with van der Waals surface area (Å²) in [7, 11) is 0. The van der Waals surface area contributed by atoms with Gasteiger partial charge in [-0.2, -0.15) is 0 Å². The second-order valence-electron chi connectivity index (χ2n) is 6.45. The third-order valence-electron chi connectivity index (χ3n) is 4.31. The highest BCUT2D eigenvalue weighted by Crippen LogP contribution is 2.31. The van der Waals surface area contributed by atoms with Crippen molar-refractivity contribution in [3.8, 4) is 28.7 Å². The number of carbonyl (C=O) groups excluding carboxylic acids is 1. The Kier molecular flexibility index (Phi) is 6.64. The molecule has 0 saturated heterocycles. The maximum absolute atomic E-state index is 12.5. The Bertz CT molecular complexity index is 1140. The molecule has 7 heteroatoms. The van der Waals surface area contributed by atoms with Crippen molar-refractivity contribution < 1.29 is 18.7 Å². The molecule has 6 nitrogen and oxygen atoms in total. The second kappa shape index (κ2) is 9.95. The maximum Gasteiger partial charge on any atom is 0.277 e. The van der Waals surface area contributed by atoms with Crippen molar-refractivity contribution in [2.24, 2.45) is 0 Å². The molecule has 3 aromatic carbocycles. The molecule has 0 fully saturated rings. The first-order chi connectivity index (χ1) is 15.2. The van der Waals surface area contributed by atoms with Crippen molar-refractivity contribution in [2.75, 3.05) is 12.4 Å². The van der Waals surface area contributed by atoms with E-state index in [-0.39, 0.29) is 11.5 Å². The van der Waals surface area contributed by atoms with Crippen LogP contribution in [-0.4, -0.2) is 28.3 Å². The van der Waals surface area contributed by atoms with Crippen molar-refractivity contribution in [2.45, 2.75) is 12.1 Å². The van der Waals surface area contributed by atoms with E-state index in [1.165, 1.54) is 11.8 Å². The largest absolute Gasteiger partial charge is 0.493 e. The van der Waals surface area contributed by atoms with Crippen LogP contribution in [0.25, 0.3) is 11.5 Å². The lowest BCUT2D eigenvalue weighted by atomic mass is 10.1. The van der Waals surface area contributed by atoms with E-state index in [0.717, 1.165) is 11.3 Å². The van der Waals surface area contributed by atoms with Gasteiger partial charge >= 0.3 is 0 Å². The molecule has 0 spiro atoms. The zero-order valence-electron chi connectivity index (χ0n) is 16.9. The molecule has 0 unspecified atom stereocenters. The fourth-order valence-corrected chi connectivity index (χ4v) is 3.50. The van der Waals surface area contributed by atoms with Gasteiger partial charge in [-0.1, -0.05) is 42.1 Å². The summed E-state index contributed by atoms with van der Waals surface area (Å²) >= 11 is 1.20. The fraction of sp³-hybridized carbons (Fsp3) is 0.125. The molecule has 1 heterocycles. The van der Waals surface area contributed by atoms with Crippen LogP contribution < -0.4 is 9.47 Å². The van der Waals surface area contributed by atoms with E-state index in [0.29, 0.717) is 34.8 Å². The van der Waals surface area contributed by atoms with Gasteiger partial charge in [0.25, 0.3) is 11.1 Å². The summed E-state index contributed by atoms with van der Waals surface area (Å²) in [5.41, 5.74) is 1.32. The molecule has 0 bridgehead atoms. The minimum absolute atomic E-state index is 0.0364. The summed E-state index contributed by atoms with van der Waals surface area (Å²) in [5.74, 6) is 2.61. The van der Waals surface area contributed by atoms with Crippen LogP contribution in [0, 0.1) is 0 Å². The molecule has 31 heavy (non-hydrogen) atoms. The van der Waals surface area contributed by atoms with Crippen molar-refractivity contribution in [3.05, 3.63) is 84.4 Å². The second-order valence-corrected chi connectivity index (χ2v) is 7.38. The van der Waals surface area contributed by atoms with Crippen molar-refractivity contribution in [3.63, 3.8) is 0 Å². The molecular formula is C24H20N2O4S. The predicted molar refractivity (Wildman–Crippen MR) is 119 cm³/mol. The molecule has 0 aliphatic rings. The Morgan fingerprint density at radius 3 is 2.39 bits per heavy atom. The van der Waals surface area contributed by atoms with Crippen LogP contribution in [0.3, 0.4) is 0 Å². The monoisotopic (exact) mass is 432 g/mol. The average Bonchev–Trinajstić information content (AvgIpc) is 3.28. The SMILES string of the molecule is CCOc1ccccc1-c1nnc(SCC(=O)c2ccc(Oc3ccccc3)cc2)o1. The molecule has 0 radical (unpaired) electrons. The highest BCUT2D eigenvalue weighted by Gasteiger charge is 2.15. The normalized spacial score (nSPS) is 10.6. The number of carbonyl (C=O) groups is 1. The molecule has 0 N–H and O–H groups in total. The van der Waals surface area contributed by atoms with Gasteiger partial charge in [0.05, 0.1) is 17.9 Å². The summed E-state index contributed by atoms with van der Waals surface area (Å²) in [6, 6.07) is 24.0. The Hall–Kier alpha value is -3.58. The smallest absolute Gasteiger partial charge is 0.277 e. The highest BCUT2D eigenvalue weighted by molar-refractivity contribution is 7.99. The predicted octanol–water partition coefficient (Wildman–Crippen LogP) is 5.90. The van der Waals surface area contributed by atoms with E-state index in [4.69, 9.17) is 13.9 Å². The van der Waals surface area contributed by atoms with Crippen molar-refractivity contribution in [1.29, 1.82) is 0 Å². The summed E-state index contributed by atoms with van der Waals surface area (Å²) in [5, 5.41) is 8.46. The molecule has 0 aliphatic carbocycles. The molecule has 156 valence electrons. The molecule has 1 aromatic heterocycles. The van der Waals surface area contributed by atoms with E-state index >= 15 is 0 Å². The number of nitrogens with zero attached hydrogens (tertiary/aromatic N) is 2. The summed E-state index contributed by atoms with van der Waals surface area (Å²) < 4.78 is 17.1. The third kappa shape index (κ3) is 5.32. The van der Waals surface area contributed by atoms with Crippen molar-refractivity contribution in [1.82, 2.24) is 10.2 Å². The van der Waals surface area contributed by atoms with Gasteiger partial charge in [0.1, 0.15) is 17.2 Å². The van der Waals surface area contributed by atoms with E-state index in [2.05, 4.69) is 10.2 Å². The molecule has 0 aliphatic heterocycles. The summed E-state index contributed by atoms with van der Waals surface area (Å²) in [6.07, 6.45) is 0. The van der Waals surface area contributed by atoms with Crippen molar-refractivity contribution >= 4 is 17.5 Å². The number of ether oxygens (including phenoxy) is 2. The van der Waals surface area contributed by atoms with Crippen LogP contribution in [0.1, 0.15) is 17.3 Å². The van der Waals surface area contributed by atoms with E-state index in [1.807, 2.05) is 61.5 Å². The topological polar surface area (TPSA) is 74.5 Å². The number of hydrogen-bond donors (Lipinski definition) is 0. The number of hydrogen-bond acceptors (Lipinski definition) is 7. The number of ketones is 1. The molecule has 0 atom stereocenters. The zero-order valence-corrected chi connectivity index (χ0v) is 17.7. The quantitative estimate of drug-likeness (QED) is 0.241. The minimum atomic E-state index is -0.0364. The number of aromatic nitrogens is 2. The Morgan fingerprint density at radius 1 is 0.903 bits per heavy atom. The van der Waals surface area contributed by atoms with Crippen LogP contribution in [0.2, 0.25) is 0 Å². The Labute approximate surface area is 184 Å². The van der Waals surface area contributed by atoms with Crippen LogP contribution in [0.4, 0.5) is 0 Å². The number of rotatable bonds is 9. The van der Waals surface area contributed by atoms with Gasteiger partial charge in [0, 0.05) is 5.56 Å². The Balaban J connectivity index is 1.36. The molecule has 0 saturated carbocycles. The van der Waals surface area contributed by atoms with E-state index < -0.39 is 0 Å². The van der Waals surface area contributed by atoms with Gasteiger partial charge in [-0.3, -0.25) is 4.79 Å². The lowest BCUT2D eigenvalue weighted by Crippen LogP contribution is -2.02. The first-order valence-electron chi connectivity index (χ1n) is 9.77. The fourth-order valence-electron chi connectivity index (χ4n) is 2.85. The van der Waals surface area contributed by atoms with Crippen LogP contribution in [0.15, 0.2) is 88.5 Å². The number of Topliss-reactive ketones (excluding diaryl/α,β-unsaturated/α-hetero) is 1. The lowest BCUT2D eigenvalue weighted by Gasteiger charge is -2.06. The minimum Gasteiger partial charge on any atom is -0.493 e. The van der Waals surface area contributed by atoms with Crippen LogP contribution >= 0.6 is 11.8 Å². The zero-order chi connectivity index (χ0) is 21.5. The molecular weight excluding hydrogens is 412 g/mol. The van der Waals surface area contributed by atoms with E-state index in [9.17, 15) is 4.79 Å². The van der Waals surface area contributed by atoms with E-state index in [1.54, 1.807) is 24.3 Å². The lowest BCUT2D eigenvalue weighted by molar-refractivity contribution is 0.102. The van der Waals surface area contributed by atoms with Gasteiger partial charge in [0.2, 0.25) is 0 Å². The van der Waals surface area contributed by atoms with Gasteiger partial charge in [-0.25, -0.2) is 0 Å². The first kappa shape index (κ1) is 20.7. The van der Waals surface area contributed by atoms with Gasteiger partial charge < -0.3 is 13.9 Å². The summed E-state index contributed by atoms with van der Waals surface area (Å²) in [4.78, 5) is 12.5. The average molecular weight is 433 g/mol. The molecule has 4 aromatic rings. The standard InChI is InChI=1S/C24H20N2O4S/c1-2-28-22-11-7-6-10-20(22)23-25-26-24(30-23)31-16-21(27)17-12-14-19(15-13-17)29-18-8-4-3-5-9-18/h3-15H,2,16H2,1H3. The maximum atomic E-state index is 12.5. The number of thioether (sulfide) groups is 1. The van der Waals surface area contributed by atoms with Crippen LogP contribution in [0.5, 0.6) is 17.2 Å². The summed E-state index contributed by atoms with van der Waals surface area (Å²) in [6.45, 7) is 2.45. The third-order valence-corrected chi connectivity index (χ3v) is 5.12. The Morgan fingerprint density at radius 2 is 1.61 bits per heavy atom. The van der Waals surface area contributed by atoms with Gasteiger partial charge in [0.15, 0.2) is 5.78 Å². The molecule has 4 rings (SSSR count). The number of benzene rings is 3. The first-order valence-corrected chi connectivity index (χ1v) is 10.8.